The number of hydrogen-bond acceptors (Lipinski definition) is 6. The van der Waals surface area contributed by atoms with E-state index >= 15 is 0 Å². The van der Waals surface area contributed by atoms with Crippen LogP contribution in [0.4, 0.5) is 5.82 Å². The predicted octanol–water partition coefficient (Wildman–Crippen LogP) is 3.69. The summed E-state index contributed by atoms with van der Waals surface area (Å²) in [7, 11) is 0. The van der Waals surface area contributed by atoms with Gasteiger partial charge in [-0.05, 0) is 48.9 Å². The Balaban J connectivity index is 1.79. The lowest BCUT2D eigenvalue weighted by molar-refractivity contribution is 0.834. The summed E-state index contributed by atoms with van der Waals surface area (Å²) in [6, 6.07) is 15.4. The van der Waals surface area contributed by atoms with Crippen LogP contribution in [0.5, 0.6) is 0 Å². The molecule has 0 aliphatic carbocycles. The van der Waals surface area contributed by atoms with Crippen LogP contribution in [-0.4, -0.2) is 34.3 Å². The van der Waals surface area contributed by atoms with Gasteiger partial charge >= 0.3 is 0 Å². The van der Waals surface area contributed by atoms with Gasteiger partial charge in [0.2, 0.25) is 0 Å². The monoisotopic (exact) mass is 416 g/mol. The molecule has 0 saturated carbocycles. The first-order valence-corrected chi connectivity index (χ1v) is 9.82. The molecule has 0 spiro atoms. The van der Waals surface area contributed by atoms with Gasteiger partial charge < -0.3 is 5.73 Å². The van der Waals surface area contributed by atoms with Gasteiger partial charge in [-0.1, -0.05) is 12.1 Å². The zero-order chi connectivity index (χ0) is 20.7. The van der Waals surface area contributed by atoms with E-state index in [0.29, 0.717) is 34.8 Å². The normalized spacial score (nSPS) is 11.3. The van der Waals surface area contributed by atoms with E-state index in [2.05, 4.69) is 15.1 Å². The van der Waals surface area contributed by atoms with Crippen molar-refractivity contribution in [2.75, 3.05) is 5.73 Å². The molecule has 0 aliphatic rings. The molecule has 2 N–H and O–H groups in total. The second kappa shape index (κ2) is 7.23. The van der Waals surface area contributed by atoms with Gasteiger partial charge in [0.1, 0.15) is 23.5 Å². The fourth-order valence-corrected chi connectivity index (χ4v) is 3.48. The largest absolute Gasteiger partial charge is 0.383 e. The molecule has 1 aromatic carbocycles. The Morgan fingerprint density at radius 1 is 1.00 bits per heavy atom. The number of halogens is 1. The van der Waals surface area contributed by atoms with E-state index in [9.17, 15) is 0 Å². The Morgan fingerprint density at radius 3 is 2.53 bits per heavy atom. The van der Waals surface area contributed by atoms with E-state index in [1.54, 1.807) is 17.2 Å². The SMILES string of the molecule is Cc1ncn(-c2ccc3nc(-c4cccnc4N)n(-c4ccc(CCl)cc4)c3n2)n1. The van der Waals surface area contributed by atoms with Crippen molar-refractivity contribution in [1.29, 1.82) is 0 Å². The topological polar surface area (TPSA) is 100 Å². The quantitative estimate of drug-likeness (QED) is 0.448. The van der Waals surface area contributed by atoms with E-state index in [1.165, 1.54) is 0 Å². The maximum absolute atomic E-state index is 6.17. The molecule has 0 bridgehead atoms. The maximum Gasteiger partial charge on any atom is 0.167 e. The van der Waals surface area contributed by atoms with Crippen LogP contribution in [0.3, 0.4) is 0 Å². The first kappa shape index (κ1) is 18.3. The molecule has 0 amide bonds. The van der Waals surface area contributed by atoms with Gasteiger partial charge in [0.05, 0.1) is 5.56 Å². The highest BCUT2D eigenvalue weighted by molar-refractivity contribution is 6.17. The summed E-state index contributed by atoms with van der Waals surface area (Å²) in [4.78, 5) is 18.0. The molecule has 0 atom stereocenters. The van der Waals surface area contributed by atoms with Crippen molar-refractivity contribution in [2.45, 2.75) is 12.8 Å². The third-order valence-corrected chi connectivity index (χ3v) is 5.07. The first-order valence-electron chi connectivity index (χ1n) is 9.28. The van der Waals surface area contributed by atoms with Crippen LogP contribution >= 0.6 is 11.6 Å². The van der Waals surface area contributed by atoms with Crippen LogP contribution in [0, 0.1) is 6.92 Å². The van der Waals surface area contributed by atoms with Crippen molar-refractivity contribution < 1.29 is 0 Å². The standard InChI is InChI=1S/C21H17ClN8/c1-13-25-12-29(28-13)18-9-8-17-21(27-18)30(15-6-4-14(11-22)5-7-15)20(26-17)16-3-2-10-24-19(16)23/h2-10,12H,11H2,1H3,(H2,23,24). The number of aryl methyl sites for hydroxylation is 1. The molecule has 9 heteroatoms. The van der Waals surface area contributed by atoms with Crippen molar-refractivity contribution in [3.8, 4) is 22.9 Å². The van der Waals surface area contributed by atoms with E-state index in [0.717, 1.165) is 22.3 Å². The summed E-state index contributed by atoms with van der Waals surface area (Å²) >= 11 is 5.97. The van der Waals surface area contributed by atoms with E-state index in [-0.39, 0.29) is 0 Å². The molecule has 8 nitrogen and oxygen atoms in total. The van der Waals surface area contributed by atoms with Crippen LogP contribution in [0.1, 0.15) is 11.4 Å². The number of benzene rings is 1. The number of fused-ring (bicyclic) bond motifs is 1. The van der Waals surface area contributed by atoms with E-state index in [1.807, 2.05) is 60.0 Å². The molecule has 30 heavy (non-hydrogen) atoms. The van der Waals surface area contributed by atoms with Crippen LogP contribution in [0.15, 0.2) is 61.1 Å². The lowest BCUT2D eigenvalue weighted by atomic mass is 10.2. The van der Waals surface area contributed by atoms with Crippen molar-refractivity contribution in [1.82, 2.24) is 34.3 Å². The van der Waals surface area contributed by atoms with Crippen LogP contribution < -0.4 is 5.73 Å². The van der Waals surface area contributed by atoms with Gasteiger partial charge in [-0.2, -0.15) is 5.10 Å². The van der Waals surface area contributed by atoms with Crippen molar-refractivity contribution in [3.05, 3.63) is 72.4 Å². The Kier molecular flexibility index (Phi) is 4.40. The summed E-state index contributed by atoms with van der Waals surface area (Å²) in [5, 5.41) is 4.36. The number of aromatic nitrogens is 7. The van der Waals surface area contributed by atoms with Gasteiger partial charge in [-0.15, -0.1) is 11.6 Å². The summed E-state index contributed by atoms with van der Waals surface area (Å²) in [6.07, 6.45) is 3.30. The summed E-state index contributed by atoms with van der Waals surface area (Å²) < 4.78 is 3.61. The number of nitrogens with zero attached hydrogens (tertiary/aromatic N) is 7. The molecule has 4 aromatic heterocycles. The number of hydrogen-bond donors (Lipinski definition) is 1. The number of imidazole rings is 1. The fourth-order valence-electron chi connectivity index (χ4n) is 3.30. The third-order valence-electron chi connectivity index (χ3n) is 4.76. The van der Waals surface area contributed by atoms with Crippen molar-refractivity contribution in [2.24, 2.45) is 0 Å². The second-order valence-corrected chi connectivity index (χ2v) is 7.02. The molecule has 148 valence electrons. The summed E-state index contributed by atoms with van der Waals surface area (Å²) in [6.45, 7) is 1.83. The van der Waals surface area contributed by atoms with E-state index < -0.39 is 0 Å². The molecule has 0 radical (unpaired) electrons. The minimum absolute atomic E-state index is 0.401. The average molecular weight is 417 g/mol. The number of pyridine rings is 2. The highest BCUT2D eigenvalue weighted by Crippen LogP contribution is 2.30. The molecule has 0 unspecified atom stereocenters. The van der Waals surface area contributed by atoms with Gasteiger partial charge in [0, 0.05) is 17.8 Å². The highest BCUT2D eigenvalue weighted by atomic mass is 35.5. The first-order chi connectivity index (χ1) is 14.6. The van der Waals surface area contributed by atoms with Gasteiger partial charge in [-0.3, -0.25) is 4.57 Å². The van der Waals surface area contributed by atoms with Crippen LogP contribution in [-0.2, 0) is 5.88 Å². The Morgan fingerprint density at radius 2 is 1.83 bits per heavy atom. The van der Waals surface area contributed by atoms with Crippen LogP contribution in [0.2, 0.25) is 0 Å². The number of rotatable bonds is 4. The number of anilines is 1. The Hall–Kier alpha value is -3.78. The molecular formula is C21H17ClN8. The molecule has 5 rings (SSSR count). The molecule has 5 aromatic rings. The predicted molar refractivity (Wildman–Crippen MR) is 116 cm³/mol. The average Bonchev–Trinajstić information content (AvgIpc) is 3.37. The van der Waals surface area contributed by atoms with Crippen LogP contribution in [0.25, 0.3) is 34.1 Å². The minimum atomic E-state index is 0.401. The Bertz CT molecular complexity index is 1350. The van der Waals surface area contributed by atoms with Crippen molar-refractivity contribution in [3.63, 3.8) is 0 Å². The molecule has 0 fully saturated rings. The van der Waals surface area contributed by atoms with Crippen molar-refractivity contribution >= 4 is 28.6 Å². The minimum Gasteiger partial charge on any atom is -0.383 e. The highest BCUT2D eigenvalue weighted by Gasteiger charge is 2.18. The number of alkyl halides is 1. The lowest BCUT2D eigenvalue weighted by Crippen LogP contribution is -2.04. The Labute approximate surface area is 177 Å². The van der Waals surface area contributed by atoms with Gasteiger partial charge in [0.15, 0.2) is 17.3 Å². The zero-order valence-corrected chi connectivity index (χ0v) is 16.8. The summed E-state index contributed by atoms with van der Waals surface area (Å²) in [5.41, 5.74) is 10.2. The van der Waals surface area contributed by atoms with E-state index in [4.69, 9.17) is 27.3 Å². The third kappa shape index (κ3) is 3.07. The summed E-state index contributed by atoms with van der Waals surface area (Å²) in [5.74, 6) is 2.83. The zero-order valence-electron chi connectivity index (χ0n) is 16.1. The fraction of sp³-hybridized carbons (Fsp3) is 0.0952. The molecule has 0 saturated heterocycles. The number of nitrogen functional groups attached to an aromatic ring is 1. The molecule has 0 aliphatic heterocycles. The van der Waals surface area contributed by atoms with Gasteiger partial charge in [0.25, 0.3) is 0 Å². The smallest absolute Gasteiger partial charge is 0.167 e. The maximum atomic E-state index is 6.17. The number of nitrogens with two attached hydrogens (primary N) is 1. The lowest BCUT2D eigenvalue weighted by Gasteiger charge is -2.11. The molecular weight excluding hydrogens is 400 g/mol. The molecule has 4 heterocycles. The second-order valence-electron chi connectivity index (χ2n) is 6.76. The van der Waals surface area contributed by atoms with Gasteiger partial charge in [-0.25, -0.2) is 24.6 Å².